The molecule has 0 aliphatic rings. The van der Waals surface area contributed by atoms with Crippen molar-refractivity contribution in [3.05, 3.63) is 60.2 Å². The Bertz CT molecular complexity index is 549. The molecule has 1 amide bonds. The molecule has 0 radical (unpaired) electrons. The Hall–Kier alpha value is -2.13. The second-order valence-electron chi connectivity index (χ2n) is 5.05. The largest absolute Gasteiger partial charge is 0.356 e. The molecule has 3 heteroatoms. The predicted molar refractivity (Wildman–Crippen MR) is 87.1 cm³/mol. The SMILES string of the molecule is CNCCCNC(=O)Cc1ccc(-c2ccccc2)cc1. The third-order valence-corrected chi connectivity index (χ3v) is 3.35. The van der Waals surface area contributed by atoms with Crippen LogP contribution in [0.5, 0.6) is 0 Å². The molecule has 0 saturated heterocycles. The molecule has 0 bridgehead atoms. The molecule has 0 aliphatic carbocycles. The lowest BCUT2D eigenvalue weighted by Crippen LogP contribution is -2.27. The fourth-order valence-electron chi connectivity index (χ4n) is 2.19. The first kappa shape index (κ1) is 15.3. The van der Waals surface area contributed by atoms with Gasteiger partial charge in [0.05, 0.1) is 6.42 Å². The van der Waals surface area contributed by atoms with Crippen molar-refractivity contribution in [2.75, 3.05) is 20.1 Å². The quantitative estimate of drug-likeness (QED) is 0.767. The molecule has 0 heterocycles. The van der Waals surface area contributed by atoms with Gasteiger partial charge in [0.1, 0.15) is 0 Å². The Morgan fingerprint density at radius 3 is 2.24 bits per heavy atom. The van der Waals surface area contributed by atoms with E-state index in [0.29, 0.717) is 6.42 Å². The first-order valence-corrected chi connectivity index (χ1v) is 7.35. The van der Waals surface area contributed by atoms with Crippen LogP contribution in [0.25, 0.3) is 11.1 Å². The Kier molecular flexibility index (Phi) is 5.98. The van der Waals surface area contributed by atoms with E-state index in [1.54, 1.807) is 0 Å². The first-order chi connectivity index (χ1) is 10.3. The summed E-state index contributed by atoms with van der Waals surface area (Å²) in [5, 5.41) is 5.99. The first-order valence-electron chi connectivity index (χ1n) is 7.35. The minimum atomic E-state index is 0.0820. The fourth-order valence-corrected chi connectivity index (χ4v) is 2.19. The Balaban J connectivity index is 1.86. The zero-order valence-electron chi connectivity index (χ0n) is 12.4. The van der Waals surface area contributed by atoms with Crippen LogP contribution < -0.4 is 10.6 Å². The second kappa shape index (κ2) is 8.22. The summed E-state index contributed by atoms with van der Waals surface area (Å²) in [4.78, 5) is 11.8. The molecule has 21 heavy (non-hydrogen) atoms. The maximum absolute atomic E-state index is 11.8. The summed E-state index contributed by atoms with van der Waals surface area (Å²) in [5.41, 5.74) is 3.41. The van der Waals surface area contributed by atoms with Crippen molar-refractivity contribution >= 4 is 5.91 Å². The second-order valence-corrected chi connectivity index (χ2v) is 5.05. The topological polar surface area (TPSA) is 41.1 Å². The number of carbonyl (C=O) groups is 1. The lowest BCUT2D eigenvalue weighted by atomic mass is 10.0. The van der Waals surface area contributed by atoms with Gasteiger partial charge in [-0.05, 0) is 36.7 Å². The number of amides is 1. The molecule has 2 N–H and O–H groups in total. The van der Waals surface area contributed by atoms with Gasteiger partial charge in [0.2, 0.25) is 5.91 Å². The van der Waals surface area contributed by atoms with E-state index in [4.69, 9.17) is 0 Å². The van der Waals surface area contributed by atoms with Crippen molar-refractivity contribution < 1.29 is 4.79 Å². The van der Waals surface area contributed by atoms with Crippen LogP contribution in [-0.2, 0) is 11.2 Å². The van der Waals surface area contributed by atoms with Crippen LogP contribution in [0.1, 0.15) is 12.0 Å². The summed E-state index contributed by atoms with van der Waals surface area (Å²) in [5.74, 6) is 0.0820. The third-order valence-electron chi connectivity index (χ3n) is 3.35. The van der Waals surface area contributed by atoms with Crippen LogP contribution in [0.4, 0.5) is 0 Å². The zero-order chi connectivity index (χ0) is 14.9. The van der Waals surface area contributed by atoms with Crippen LogP contribution in [-0.4, -0.2) is 26.0 Å². The van der Waals surface area contributed by atoms with E-state index < -0.39 is 0 Å². The van der Waals surface area contributed by atoms with E-state index in [2.05, 4.69) is 34.9 Å². The Morgan fingerprint density at radius 2 is 1.57 bits per heavy atom. The molecule has 0 spiro atoms. The molecule has 2 aromatic carbocycles. The van der Waals surface area contributed by atoms with Crippen LogP contribution in [0.2, 0.25) is 0 Å². The van der Waals surface area contributed by atoms with E-state index in [9.17, 15) is 4.79 Å². The van der Waals surface area contributed by atoms with Crippen molar-refractivity contribution in [1.29, 1.82) is 0 Å². The lowest BCUT2D eigenvalue weighted by Gasteiger charge is -2.06. The molecule has 0 aliphatic heterocycles. The highest BCUT2D eigenvalue weighted by Gasteiger charge is 2.03. The van der Waals surface area contributed by atoms with Gasteiger partial charge in [-0.25, -0.2) is 0 Å². The van der Waals surface area contributed by atoms with Gasteiger partial charge in [-0.2, -0.15) is 0 Å². The van der Waals surface area contributed by atoms with Gasteiger partial charge in [-0.15, -0.1) is 0 Å². The molecular weight excluding hydrogens is 260 g/mol. The van der Waals surface area contributed by atoms with Gasteiger partial charge in [0.25, 0.3) is 0 Å². The van der Waals surface area contributed by atoms with Gasteiger partial charge in [0, 0.05) is 6.54 Å². The molecule has 110 valence electrons. The number of carbonyl (C=O) groups excluding carboxylic acids is 1. The predicted octanol–water partition coefficient (Wildman–Crippen LogP) is 2.62. The average molecular weight is 282 g/mol. The van der Waals surface area contributed by atoms with Crippen molar-refractivity contribution in [3.8, 4) is 11.1 Å². The van der Waals surface area contributed by atoms with Gasteiger partial charge in [-0.1, -0.05) is 54.6 Å². The molecule has 2 rings (SSSR count). The molecule has 0 unspecified atom stereocenters. The summed E-state index contributed by atoms with van der Waals surface area (Å²) < 4.78 is 0. The van der Waals surface area contributed by atoms with E-state index in [1.807, 2.05) is 37.4 Å². The smallest absolute Gasteiger partial charge is 0.224 e. The maximum Gasteiger partial charge on any atom is 0.224 e. The van der Waals surface area contributed by atoms with Crippen molar-refractivity contribution in [2.45, 2.75) is 12.8 Å². The van der Waals surface area contributed by atoms with Crippen LogP contribution >= 0.6 is 0 Å². The van der Waals surface area contributed by atoms with Crippen LogP contribution in [0.15, 0.2) is 54.6 Å². The van der Waals surface area contributed by atoms with E-state index in [0.717, 1.165) is 25.1 Å². The third kappa shape index (κ3) is 5.04. The molecule has 0 fully saturated rings. The lowest BCUT2D eigenvalue weighted by molar-refractivity contribution is -0.120. The minimum Gasteiger partial charge on any atom is -0.356 e. The number of benzene rings is 2. The Morgan fingerprint density at radius 1 is 0.905 bits per heavy atom. The molecule has 0 atom stereocenters. The summed E-state index contributed by atoms with van der Waals surface area (Å²) in [7, 11) is 1.91. The Labute approximate surface area is 126 Å². The summed E-state index contributed by atoms with van der Waals surface area (Å²) >= 11 is 0. The van der Waals surface area contributed by atoms with E-state index in [-0.39, 0.29) is 5.91 Å². The van der Waals surface area contributed by atoms with Gasteiger partial charge in [0.15, 0.2) is 0 Å². The molecule has 2 aromatic rings. The summed E-state index contributed by atoms with van der Waals surface area (Å²) in [6, 6.07) is 18.4. The number of hydrogen-bond acceptors (Lipinski definition) is 2. The van der Waals surface area contributed by atoms with Gasteiger partial charge < -0.3 is 10.6 Å². The van der Waals surface area contributed by atoms with Crippen molar-refractivity contribution in [3.63, 3.8) is 0 Å². The van der Waals surface area contributed by atoms with E-state index >= 15 is 0 Å². The van der Waals surface area contributed by atoms with Crippen molar-refractivity contribution in [1.82, 2.24) is 10.6 Å². The maximum atomic E-state index is 11.8. The van der Waals surface area contributed by atoms with Crippen molar-refractivity contribution in [2.24, 2.45) is 0 Å². The molecule has 0 aromatic heterocycles. The standard InChI is InChI=1S/C18H22N2O/c1-19-12-5-13-20-18(21)14-15-8-10-17(11-9-15)16-6-3-2-4-7-16/h2-4,6-11,19H,5,12-14H2,1H3,(H,20,21). The molecular formula is C18H22N2O. The summed E-state index contributed by atoms with van der Waals surface area (Å²) in [6.45, 7) is 1.65. The number of rotatable bonds is 7. The highest BCUT2D eigenvalue weighted by atomic mass is 16.1. The highest BCUT2D eigenvalue weighted by Crippen LogP contribution is 2.19. The zero-order valence-corrected chi connectivity index (χ0v) is 12.4. The summed E-state index contributed by atoms with van der Waals surface area (Å²) in [6.07, 6.45) is 1.39. The number of hydrogen-bond donors (Lipinski definition) is 2. The van der Waals surface area contributed by atoms with E-state index in [1.165, 1.54) is 11.1 Å². The minimum absolute atomic E-state index is 0.0820. The molecule has 0 saturated carbocycles. The average Bonchev–Trinajstić information content (AvgIpc) is 2.53. The number of nitrogens with one attached hydrogen (secondary N) is 2. The van der Waals surface area contributed by atoms with Crippen LogP contribution in [0, 0.1) is 0 Å². The molecule has 3 nitrogen and oxygen atoms in total. The van der Waals surface area contributed by atoms with Gasteiger partial charge in [-0.3, -0.25) is 4.79 Å². The normalized spacial score (nSPS) is 10.3. The fraction of sp³-hybridized carbons (Fsp3) is 0.278. The highest BCUT2D eigenvalue weighted by molar-refractivity contribution is 5.78. The van der Waals surface area contributed by atoms with Crippen LogP contribution in [0.3, 0.4) is 0 Å². The monoisotopic (exact) mass is 282 g/mol. The van der Waals surface area contributed by atoms with Gasteiger partial charge >= 0.3 is 0 Å².